The molecule has 4 amide bonds. The van der Waals surface area contributed by atoms with Crippen LogP contribution in [0, 0.1) is 11.8 Å². The van der Waals surface area contributed by atoms with Gasteiger partial charge in [-0.05, 0) is 43.1 Å². The fourth-order valence-electron chi connectivity index (χ4n) is 7.55. The maximum absolute atomic E-state index is 13.5. The molecule has 0 radical (unpaired) electrons. The zero-order valence-corrected chi connectivity index (χ0v) is 32.4. The minimum atomic E-state index is -0.714. The standard InChI is InChI=1S/C39H48N10O7/c1-21(2)31(45-38(52)54-5)35(50)48-15-7-9-28(48)33-40-17-25(42-33)23-11-13-24(14-12-23)27-19-47-20-30(56-37(47)44-27)26-18-41-34(43-26)29-10-8-16-49(29)36(51)32(22(3)4)46-39(53)55-6/h11-14,17-22,28-29,31-32H,7-10,15-16H2,1-6H3,(H,40,42)(H,41,43)(H,45,52)(H,46,53)/t28-,29?,31-,32-/m0/s1. The minimum absolute atomic E-state index is 0.115. The second-order valence-electron chi connectivity index (χ2n) is 14.9. The molecule has 5 aromatic rings. The number of carbonyl (C=O) groups is 4. The molecular weight excluding hydrogens is 720 g/mol. The van der Waals surface area contributed by atoms with E-state index in [0.29, 0.717) is 42.0 Å². The van der Waals surface area contributed by atoms with Crippen molar-refractivity contribution in [3.63, 3.8) is 0 Å². The third-order valence-corrected chi connectivity index (χ3v) is 10.6. The van der Waals surface area contributed by atoms with E-state index in [2.05, 4.69) is 30.6 Å². The Kier molecular flexibility index (Phi) is 10.8. The second-order valence-corrected chi connectivity index (χ2v) is 14.9. The van der Waals surface area contributed by atoms with Crippen LogP contribution in [-0.2, 0) is 19.1 Å². The van der Waals surface area contributed by atoms with Gasteiger partial charge in [0.05, 0.1) is 56.3 Å². The predicted octanol–water partition coefficient (Wildman–Crippen LogP) is 5.46. The average molecular weight is 769 g/mol. The molecular formula is C39H48N10O7. The molecule has 2 fully saturated rings. The summed E-state index contributed by atoms with van der Waals surface area (Å²) in [6.45, 7) is 8.69. The number of ether oxygens (including phenoxy) is 2. The monoisotopic (exact) mass is 768 g/mol. The molecule has 0 saturated carbocycles. The summed E-state index contributed by atoms with van der Waals surface area (Å²) in [6, 6.07) is 6.04. The highest BCUT2D eigenvalue weighted by Gasteiger charge is 2.39. The van der Waals surface area contributed by atoms with Crippen LogP contribution in [0.2, 0.25) is 0 Å². The Morgan fingerprint density at radius 2 is 1.25 bits per heavy atom. The van der Waals surface area contributed by atoms with Gasteiger partial charge in [0.2, 0.25) is 11.8 Å². The average Bonchev–Trinajstić information content (AvgIpc) is 4.04. The number of hydrogen-bond acceptors (Lipinski definition) is 10. The molecule has 2 aliphatic rings. The van der Waals surface area contributed by atoms with Crippen molar-refractivity contribution in [3.8, 4) is 34.0 Å². The molecule has 17 heteroatoms. The number of carbonyl (C=O) groups excluding carboxylic acids is 4. The topological polar surface area (TPSA) is 205 Å². The molecule has 6 heterocycles. The summed E-state index contributed by atoms with van der Waals surface area (Å²) in [5.41, 5.74) is 4.04. The summed E-state index contributed by atoms with van der Waals surface area (Å²) >= 11 is 0. The number of H-pyrrole nitrogens is 2. The van der Waals surface area contributed by atoms with Crippen LogP contribution >= 0.6 is 0 Å². The van der Waals surface area contributed by atoms with E-state index in [1.54, 1.807) is 22.2 Å². The Morgan fingerprint density at radius 1 is 0.750 bits per heavy atom. The van der Waals surface area contributed by atoms with Crippen molar-refractivity contribution in [3.05, 3.63) is 60.7 Å². The van der Waals surface area contributed by atoms with Crippen LogP contribution in [0.3, 0.4) is 0 Å². The molecule has 4 aromatic heterocycles. The lowest BCUT2D eigenvalue weighted by Gasteiger charge is -2.30. The summed E-state index contributed by atoms with van der Waals surface area (Å²) in [6.07, 6.45) is 9.07. The number of nitrogens with zero attached hydrogens (tertiary/aromatic N) is 6. The first-order valence-corrected chi connectivity index (χ1v) is 18.9. The maximum atomic E-state index is 13.5. The number of imidazole rings is 3. The van der Waals surface area contributed by atoms with Crippen molar-refractivity contribution in [2.75, 3.05) is 27.3 Å². The smallest absolute Gasteiger partial charge is 0.407 e. The number of benzene rings is 1. The number of oxazole rings is 1. The van der Waals surface area contributed by atoms with Crippen LogP contribution in [0.1, 0.15) is 77.1 Å². The largest absolute Gasteiger partial charge is 0.453 e. The number of rotatable bonds is 11. The lowest BCUT2D eigenvalue weighted by Crippen LogP contribution is -2.51. The van der Waals surface area contributed by atoms with E-state index >= 15 is 0 Å². The van der Waals surface area contributed by atoms with E-state index in [9.17, 15) is 19.2 Å². The number of nitrogens with one attached hydrogen (secondary N) is 4. The number of likely N-dealkylation sites (tertiary alicyclic amines) is 2. The van der Waals surface area contributed by atoms with Crippen LogP contribution in [0.25, 0.3) is 39.8 Å². The fourth-order valence-corrected chi connectivity index (χ4v) is 7.55. The van der Waals surface area contributed by atoms with Crippen molar-refractivity contribution in [1.29, 1.82) is 0 Å². The highest BCUT2D eigenvalue weighted by atomic mass is 16.5. The second kappa shape index (κ2) is 15.9. The molecule has 0 spiro atoms. The van der Waals surface area contributed by atoms with Crippen LogP contribution < -0.4 is 10.6 Å². The van der Waals surface area contributed by atoms with Gasteiger partial charge < -0.3 is 44.3 Å². The van der Waals surface area contributed by atoms with Gasteiger partial charge >= 0.3 is 18.0 Å². The number of hydrogen-bond donors (Lipinski definition) is 4. The fraction of sp³-hybridized carbons (Fsp3) is 0.462. The Bertz CT molecular complexity index is 2170. The zero-order valence-electron chi connectivity index (χ0n) is 32.4. The lowest BCUT2D eigenvalue weighted by atomic mass is 10.0. The van der Waals surface area contributed by atoms with Gasteiger partial charge in [0.15, 0.2) is 5.76 Å². The molecule has 2 aliphatic heterocycles. The molecule has 17 nitrogen and oxygen atoms in total. The molecule has 1 unspecified atom stereocenters. The van der Waals surface area contributed by atoms with Crippen molar-refractivity contribution < 1.29 is 33.1 Å². The van der Waals surface area contributed by atoms with E-state index in [1.807, 2.05) is 68.8 Å². The van der Waals surface area contributed by atoms with Crippen molar-refractivity contribution in [2.24, 2.45) is 11.8 Å². The molecule has 0 aliphatic carbocycles. The number of fused-ring (bicyclic) bond motifs is 1. The third kappa shape index (κ3) is 7.57. The summed E-state index contributed by atoms with van der Waals surface area (Å²) in [7, 11) is 2.56. The summed E-state index contributed by atoms with van der Waals surface area (Å²) < 4.78 is 17.4. The normalized spacial score (nSPS) is 18.1. The van der Waals surface area contributed by atoms with Crippen LogP contribution in [0.5, 0.6) is 0 Å². The van der Waals surface area contributed by atoms with E-state index < -0.39 is 24.3 Å². The molecule has 56 heavy (non-hydrogen) atoms. The minimum Gasteiger partial charge on any atom is -0.453 e. The quantitative estimate of drug-likeness (QED) is 0.134. The van der Waals surface area contributed by atoms with Crippen molar-refractivity contribution in [2.45, 2.75) is 77.5 Å². The Balaban J connectivity index is 1.02. The van der Waals surface area contributed by atoms with Gasteiger partial charge in [-0.15, -0.1) is 0 Å². The molecule has 7 rings (SSSR count). The number of aromatic amines is 2. The maximum Gasteiger partial charge on any atom is 0.407 e. The molecule has 0 bridgehead atoms. The first kappa shape index (κ1) is 38.2. The molecule has 1 aromatic carbocycles. The van der Waals surface area contributed by atoms with E-state index in [4.69, 9.17) is 18.9 Å². The van der Waals surface area contributed by atoms with Gasteiger partial charge in [-0.2, -0.15) is 4.98 Å². The van der Waals surface area contributed by atoms with Gasteiger partial charge in [-0.25, -0.2) is 19.6 Å². The van der Waals surface area contributed by atoms with E-state index in [1.165, 1.54) is 14.2 Å². The Morgan fingerprint density at radius 3 is 1.75 bits per heavy atom. The van der Waals surface area contributed by atoms with Gasteiger partial charge in [0.25, 0.3) is 0 Å². The van der Waals surface area contributed by atoms with Crippen LogP contribution in [0.4, 0.5) is 9.59 Å². The van der Waals surface area contributed by atoms with E-state index in [-0.39, 0.29) is 35.7 Å². The Hall–Kier alpha value is -6.13. The van der Waals surface area contributed by atoms with Crippen molar-refractivity contribution >= 4 is 29.8 Å². The predicted molar refractivity (Wildman–Crippen MR) is 204 cm³/mol. The van der Waals surface area contributed by atoms with Gasteiger partial charge in [-0.1, -0.05) is 52.0 Å². The van der Waals surface area contributed by atoms with E-state index in [0.717, 1.165) is 48.2 Å². The van der Waals surface area contributed by atoms with Gasteiger partial charge in [-0.3, -0.25) is 14.0 Å². The summed E-state index contributed by atoms with van der Waals surface area (Å²) in [5, 5.41) is 5.36. The SMILES string of the molecule is COC(=O)N[C@H](C(=O)N1CCCC1c1ncc(-c2cn3cc(-c4ccc(-c5cnc([C@@H]6CCCN6C(=O)[C@@H](NC(=O)OC)C(C)C)[nH]5)cc4)nc3o2)[nH]1)C(C)C. The Labute approximate surface area is 323 Å². The third-order valence-electron chi connectivity index (χ3n) is 10.6. The van der Waals surface area contributed by atoms with Gasteiger partial charge in [0.1, 0.15) is 29.4 Å². The summed E-state index contributed by atoms with van der Waals surface area (Å²) in [4.78, 5) is 75.2. The number of aromatic nitrogens is 6. The van der Waals surface area contributed by atoms with Crippen LogP contribution in [-0.4, -0.2) is 103 Å². The number of methoxy groups -OCH3 is 2. The zero-order chi connectivity index (χ0) is 39.7. The van der Waals surface area contributed by atoms with Crippen molar-refractivity contribution in [1.82, 2.24) is 49.8 Å². The number of alkyl carbamates (subject to hydrolysis) is 2. The first-order chi connectivity index (χ1) is 26.9. The molecule has 4 atom stereocenters. The summed E-state index contributed by atoms with van der Waals surface area (Å²) in [5.74, 6) is 1.74. The highest BCUT2D eigenvalue weighted by molar-refractivity contribution is 5.87. The lowest BCUT2D eigenvalue weighted by molar-refractivity contribution is -0.136. The molecule has 4 N–H and O–H groups in total. The molecule has 2 saturated heterocycles. The number of amides is 4. The van der Waals surface area contributed by atoms with Crippen LogP contribution in [0.15, 0.2) is 53.5 Å². The highest BCUT2D eigenvalue weighted by Crippen LogP contribution is 2.35. The molecule has 296 valence electrons. The van der Waals surface area contributed by atoms with Gasteiger partial charge in [0, 0.05) is 24.8 Å². The first-order valence-electron chi connectivity index (χ1n) is 18.9.